The van der Waals surface area contributed by atoms with Gasteiger partial charge in [0.1, 0.15) is 5.82 Å². The molecule has 2 aromatic heterocycles. The van der Waals surface area contributed by atoms with Crippen LogP contribution in [0.5, 0.6) is 0 Å². The molecule has 6 heteroatoms. The van der Waals surface area contributed by atoms with Gasteiger partial charge in [0.25, 0.3) is 0 Å². The number of anilines is 1. The summed E-state index contributed by atoms with van der Waals surface area (Å²) in [6.07, 6.45) is 6.86. The van der Waals surface area contributed by atoms with E-state index in [0.717, 1.165) is 24.8 Å². The molecule has 0 aromatic carbocycles. The quantitative estimate of drug-likeness (QED) is 0.825. The van der Waals surface area contributed by atoms with Crippen molar-refractivity contribution in [3.8, 4) is 11.4 Å². The van der Waals surface area contributed by atoms with E-state index in [9.17, 15) is 4.79 Å². The molecule has 2 heterocycles. The summed E-state index contributed by atoms with van der Waals surface area (Å²) < 4.78 is 0. The second kappa shape index (κ2) is 7.42. The second-order valence-corrected chi connectivity index (χ2v) is 4.77. The average molecular weight is 285 g/mol. The molecule has 0 radical (unpaired) electrons. The van der Waals surface area contributed by atoms with Crippen LogP contribution in [0.15, 0.2) is 24.5 Å². The maximum atomic E-state index is 11.8. The number of aromatic nitrogens is 4. The van der Waals surface area contributed by atoms with Gasteiger partial charge in [0, 0.05) is 24.4 Å². The summed E-state index contributed by atoms with van der Waals surface area (Å²) in [5.74, 6) is 1.35. The van der Waals surface area contributed by atoms with Gasteiger partial charge in [0.15, 0.2) is 5.82 Å². The maximum absolute atomic E-state index is 11.8. The standard InChI is InChI=1S/C15H19N5O/c1-3-4-5-6-13(21)19-15-18-11(2)17-14(20-15)12-7-9-16-10-8-12/h7-10H,3-6H2,1-2H3,(H,17,18,19,20,21). The zero-order chi connectivity index (χ0) is 15.1. The summed E-state index contributed by atoms with van der Waals surface area (Å²) in [4.78, 5) is 28.5. The fraction of sp³-hybridized carbons (Fsp3) is 0.400. The van der Waals surface area contributed by atoms with Crippen LogP contribution in [0.1, 0.15) is 38.4 Å². The van der Waals surface area contributed by atoms with E-state index in [0.29, 0.717) is 24.0 Å². The number of amides is 1. The Labute approximate surface area is 124 Å². The average Bonchev–Trinajstić information content (AvgIpc) is 2.48. The van der Waals surface area contributed by atoms with Gasteiger partial charge in [-0.25, -0.2) is 4.98 Å². The van der Waals surface area contributed by atoms with E-state index in [4.69, 9.17) is 0 Å². The molecule has 0 aliphatic rings. The van der Waals surface area contributed by atoms with Gasteiger partial charge in [-0.1, -0.05) is 19.8 Å². The molecule has 0 aliphatic heterocycles. The molecule has 0 fully saturated rings. The van der Waals surface area contributed by atoms with Crippen LogP contribution in [0.4, 0.5) is 5.95 Å². The zero-order valence-corrected chi connectivity index (χ0v) is 12.3. The topological polar surface area (TPSA) is 80.7 Å². The van der Waals surface area contributed by atoms with Crippen LogP contribution in [0.2, 0.25) is 0 Å². The van der Waals surface area contributed by atoms with E-state index in [2.05, 4.69) is 32.2 Å². The van der Waals surface area contributed by atoms with Crippen LogP contribution in [-0.2, 0) is 4.79 Å². The van der Waals surface area contributed by atoms with Gasteiger partial charge in [-0.15, -0.1) is 0 Å². The Morgan fingerprint density at radius 1 is 1.14 bits per heavy atom. The van der Waals surface area contributed by atoms with E-state index in [1.54, 1.807) is 19.3 Å². The highest BCUT2D eigenvalue weighted by molar-refractivity contribution is 5.89. The van der Waals surface area contributed by atoms with E-state index < -0.39 is 0 Å². The molecule has 0 aliphatic carbocycles. The minimum absolute atomic E-state index is 0.0604. The third kappa shape index (κ3) is 4.59. The predicted molar refractivity (Wildman–Crippen MR) is 80.6 cm³/mol. The van der Waals surface area contributed by atoms with Crippen LogP contribution >= 0.6 is 0 Å². The van der Waals surface area contributed by atoms with E-state index >= 15 is 0 Å². The minimum atomic E-state index is -0.0604. The van der Waals surface area contributed by atoms with Gasteiger partial charge in [-0.2, -0.15) is 9.97 Å². The van der Waals surface area contributed by atoms with Crippen LogP contribution in [0.25, 0.3) is 11.4 Å². The van der Waals surface area contributed by atoms with Crippen molar-refractivity contribution < 1.29 is 4.79 Å². The largest absolute Gasteiger partial charge is 0.294 e. The Bertz CT molecular complexity index is 600. The SMILES string of the molecule is CCCCCC(=O)Nc1nc(C)nc(-c2ccncc2)n1. The summed E-state index contributed by atoms with van der Waals surface area (Å²) in [6.45, 7) is 3.88. The smallest absolute Gasteiger partial charge is 0.233 e. The first kappa shape index (κ1) is 15.0. The lowest BCUT2D eigenvalue weighted by Gasteiger charge is -2.06. The molecule has 6 nitrogen and oxygen atoms in total. The van der Waals surface area contributed by atoms with Crippen molar-refractivity contribution in [1.29, 1.82) is 0 Å². The first-order chi connectivity index (χ1) is 10.2. The molecule has 0 atom stereocenters. The van der Waals surface area contributed by atoms with Crippen molar-refractivity contribution in [2.75, 3.05) is 5.32 Å². The number of hydrogen-bond acceptors (Lipinski definition) is 5. The molecule has 0 saturated carbocycles. The summed E-state index contributed by atoms with van der Waals surface area (Å²) in [6, 6.07) is 3.64. The Balaban J connectivity index is 2.10. The van der Waals surface area contributed by atoms with Gasteiger partial charge in [-0.05, 0) is 25.5 Å². The minimum Gasteiger partial charge on any atom is -0.294 e. The van der Waals surface area contributed by atoms with Crippen molar-refractivity contribution in [2.24, 2.45) is 0 Å². The van der Waals surface area contributed by atoms with E-state index in [1.165, 1.54) is 0 Å². The van der Waals surface area contributed by atoms with Gasteiger partial charge in [0.05, 0.1) is 0 Å². The number of hydrogen-bond donors (Lipinski definition) is 1. The summed E-state index contributed by atoms with van der Waals surface area (Å²) >= 11 is 0. The number of nitrogens with one attached hydrogen (secondary N) is 1. The Hall–Kier alpha value is -2.37. The molecular formula is C15H19N5O. The molecular weight excluding hydrogens is 266 g/mol. The molecule has 1 amide bonds. The highest BCUT2D eigenvalue weighted by atomic mass is 16.1. The molecule has 0 saturated heterocycles. The molecule has 2 aromatic rings. The van der Waals surface area contributed by atoms with Crippen molar-refractivity contribution in [1.82, 2.24) is 19.9 Å². The number of aryl methyl sites for hydroxylation is 1. The highest BCUT2D eigenvalue weighted by Crippen LogP contribution is 2.15. The maximum Gasteiger partial charge on any atom is 0.233 e. The van der Waals surface area contributed by atoms with Gasteiger partial charge >= 0.3 is 0 Å². The highest BCUT2D eigenvalue weighted by Gasteiger charge is 2.09. The van der Waals surface area contributed by atoms with Crippen LogP contribution < -0.4 is 5.32 Å². The van der Waals surface area contributed by atoms with Crippen molar-refractivity contribution in [3.05, 3.63) is 30.4 Å². The fourth-order valence-electron chi connectivity index (χ4n) is 1.89. The van der Waals surface area contributed by atoms with Crippen LogP contribution in [-0.4, -0.2) is 25.8 Å². The normalized spacial score (nSPS) is 10.4. The van der Waals surface area contributed by atoms with Gasteiger partial charge in [0.2, 0.25) is 11.9 Å². The number of carbonyl (C=O) groups excluding carboxylic acids is 1. The molecule has 0 spiro atoms. The number of nitrogens with zero attached hydrogens (tertiary/aromatic N) is 4. The molecule has 1 N–H and O–H groups in total. The lowest BCUT2D eigenvalue weighted by Crippen LogP contribution is -2.15. The molecule has 110 valence electrons. The third-order valence-electron chi connectivity index (χ3n) is 2.94. The summed E-state index contributed by atoms with van der Waals surface area (Å²) in [5.41, 5.74) is 0.844. The lowest BCUT2D eigenvalue weighted by molar-refractivity contribution is -0.116. The van der Waals surface area contributed by atoms with Crippen molar-refractivity contribution >= 4 is 11.9 Å². The lowest BCUT2D eigenvalue weighted by atomic mass is 10.2. The van der Waals surface area contributed by atoms with Gasteiger partial charge < -0.3 is 0 Å². The summed E-state index contributed by atoms with van der Waals surface area (Å²) in [5, 5.41) is 2.74. The zero-order valence-electron chi connectivity index (χ0n) is 12.3. The van der Waals surface area contributed by atoms with Crippen LogP contribution in [0.3, 0.4) is 0 Å². The summed E-state index contributed by atoms with van der Waals surface area (Å²) in [7, 11) is 0. The number of rotatable bonds is 6. The van der Waals surface area contributed by atoms with Crippen LogP contribution in [0, 0.1) is 6.92 Å². The second-order valence-electron chi connectivity index (χ2n) is 4.77. The first-order valence-corrected chi connectivity index (χ1v) is 7.12. The third-order valence-corrected chi connectivity index (χ3v) is 2.94. The molecule has 0 unspecified atom stereocenters. The molecule has 2 rings (SSSR count). The first-order valence-electron chi connectivity index (χ1n) is 7.12. The van der Waals surface area contributed by atoms with E-state index in [1.807, 2.05) is 12.1 Å². The Morgan fingerprint density at radius 2 is 1.90 bits per heavy atom. The number of pyridine rings is 1. The van der Waals surface area contributed by atoms with E-state index in [-0.39, 0.29) is 5.91 Å². The van der Waals surface area contributed by atoms with Crippen molar-refractivity contribution in [2.45, 2.75) is 39.5 Å². The van der Waals surface area contributed by atoms with Crippen molar-refractivity contribution in [3.63, 3.8) is 0 Å². The molecule has 21 heavy (non-hydrogen) atoms. The predicted octanol–water partition coefficient (Wildman–Crippen LogP) is 2.76. The fourth-order valence-corrected chi connectivity index (χ4v) is 1.89. The Kier molecular flexibility index (Phi) is 5.31. The van der Waals surface area contributed by atoms with Gasteiger partial charge in [-0.3, -0.25) is 15.1 Å². The number of carbonyl (C=O) groups is 1. The Morgan fingerprint density at radius 3 is 2.62 bits per heavy atom. The number of unbranched alkanes of at least 4 members (excludes halogenated alkanes) is 2. The monoisotopic (exact) mass is 285 g/mol. The molecule has 0 bridgehead atoms.